The maximum Gasteiger partial charge on any atom is 0.0691 e. The maximum atomic E-state index is 5.96. The highest BCUT2D eigenvalue weighted by Gasteiger charge is 2.07. The number of aromatic nitrogens is 2. The van der Waals surface area contributed by atoms with Crippen LogP contribution in [0.5, 0.6) is 0 Å². The normalized spacial score (nSPS) is 9.79. The Morgan fingerprint density at radius 1 is 1.43 bits per heavy atom. The van der Waals surface area contributed by atoms with Crippen LogP contribution in [0.25, 0.3) is 10.9 Å². The third-order valence-corrected chi connectivity index (χ3v) is 3.20. The van der Waals surface area contributed by atoms with E-state index in [2.05, 4.69) is 26.1 Å². The van der Waals surface area contributed by atoms with Gasteiger partial charge in [-0.2, -0.15) is 5.10 Å². The van der Waals surface area contributed by atoms with Crippen LogP contribution >= 0.6 is 27.5 Å². The molecule has 0 unspecified atom stereocenters. The van der Waals surface area contributed by atoms with Gasteiger partial charge in [-0.1, -0.05) is 25.4 Å². The SMILES string of the molecule is CC.Cc1cc(Cl)c(Br)c2cn[nH]c12. The van der Waals surface area contributed by atoms with Gasteiger partial charge in [0.1, 0.15) is 0 Å². The third-order valence-electron chi connectivity index (χ3n) is 1.82. The van der Waals surface area contributed by atoms with Gasteiger partial charge in [-0.3, -0.25) is 5.10 Å². The lowest BCUT2D eigenvalue weighted by molar-refractivity contribution is 1.11. The average molecular weight is 276 g/mol. The average Bonchev–Trinajstić information content (AvgIpc) is 2.67. The molecule has 0 spiro atoms. The van der Waals surface area contributed by atoms with Gasteiger partial charge in [0.05, 0.1) is 16.7 Å². The number of hydrogen-bond acceptors (Lipinski definition) is 1. The smallest absolute Gasteiger partial charge is 0.0691 e. The van der Waals surface area contributed by atoms with Gasteiger partial charge < -0.3 is 0 Å². The van der Waals surface area contributed by atoms with Crippen LogP contribution in [0.15, 0.2) is 16.7 Å². The molecule has 0 aliphatic carbocycles. The van der Waals surface area contributed by atoms with Gasteiger partial charge in [0.15, 0.2) is 0 Å². The van der Waals surface area contributed by atoms with Crippen molar-refractivity contribution >= 4 is 38.4 Å². The van der Waals surface area contributed by atoms with E-state index in [0.717, 1.165) is 26.0 Å². The summed E-state index contributed by atoms with van der Waals surface area (Å²) in [6.45, 7) is 6.00. The Hall–Kier alpha value is -0.540. The van der Waals surface area contributed by atoms with Crippen LogP contribution in [0.3, 0.4) is 0 Å². The summed E-state index contributed by atoms with van der Waals surface area (Å²) in [6.07, 6.45) is 1.76. The molecule has 0 saturated heterocycles. The molecule has 4 heteroatoms. The molecule has 14 heavy (non-hydrogen) atoms. The fraction of sp³-hybridized carbons (Fsp3) is 0.300. The first kappa shape index (κ1) is 11.5. The highest BCUT2D eigenvalue weighted by atomic mass is 79.9. The zero-order valence-electron chi connectivity index (χ0n) is 8.36. The fourth-order valence-electron chi connectivity index (χ4n) is 1.21. The Labute approximate surface area is 96.8 Å². The van der Waals surface area contributed by atoms with Crippen LogP contribution in [-0.2, 0) is 0 Å². The van der Waals surface area contributed by atoms with E-state index in [1.165, 1.54) is 0 Å². The van der Waals surface area contributed by atoms with Gasteiger partial charge in [-0.15, -0.1) is 0 Å². The lowest BCUT2D eigenvalue weighted by Gasteiger charge is -1.99. The molecular weight excluding hydrogens is 263 g/mol. The highest BCUT2D eigenvalue weighted by Crippen LogP contribution is 2.31. The van der Waals surface area contributed by atoms with E-state index in [0.29, 0.717) is 0 Å². The molecule has 1 heterocycles. The van der Waals surface area contributed by atoms with Crippen LogP contribution in [0, 0.1) is 6.92 Å². The van der Waals surface area contributed by atoms with Gasteiger partial charge in [0.2, 0.25) is 0 Å². The zero-order valence-corrected chi connectivity index (χ0v) is 10.7. The molecular formula is C10H12BrClN2. The van der Waals surface area contributed by atoms with Crippen molar-refractivity contribution in [2.24, 2.45) is 0 Å². The van der Waals surface area contributed by atoms with Crippen molar-refractivity contribution in [2.45, 2.75) is 20.8 Å². The van der Waals surface area contributed by atoms with E-state index in [9.17, 15) is 0 Å². The lowest BCUT2D eigenvalue weighted by atomic mass is 10.2. The predicted molar refractivity (Wildman–Crippen MR) is 64.9 cm³/mol. The molecule has 0 amide bonds. The van der Waals surface area contributed by atoms with E-state index in [1.54, 1.807) is 6.20 Å². The summed E-state index contributed by atoms with van der Waals surface area (Å²) in [4.78, 5) is 0. The number of rotatable bonds is 0. The van der Waals surface area contributed by atoms with E-state index in [-0.39, 0.29) is 0 Å². The summed E-state index contributed by atoms with van der Waals surface area (Å²) < 4.78 is 0.901. The Kier molecular flexibility index (Phi) is 3.96. The van der Waals surface area contributed by atoms with Gasteiger partial charge in [-0.05, 0) is 34.5 Å². The number of aromatic amines is 1. The van der Waals surface area contributed by atoms with Crippen molar-refractivity contribution in [3.63, 3.8) is 0 Å². The zero-order chi connectivity index (χ0) is 10.7. The molecule has 0 aliphatic heterocycles. The molecule has 0 saturated carbocycles. The molecule has 0 atom stereocenters. The summed E-state index contributed by atoms with van der Waals surface area (Å²) in [5, 5.41) is 8.62. The van der Waals surface area contributed by atoms with Crippen molar-refractivity contribution in [3.8, 4) is 0 Å². The molecule has 0 aliphatic rings. The standard InChI is InChI=1S/C8H6BrClN2.C2H6/c1-4-2-6(10)7(9)5-3-11-12-8(4)5;1-2/h2-3H,1H3,(H,11,12);1-2H3. The summed E-state index contributed by atoms with van der Waals surface area (Å²) in [5.74, 6) is 0. The second kappa shape index (κ2) is 4.80. The largest absolute Gasteiger partial charge is 0.278 e. The highest BCUT2D eigenvalue weighted by molar-refractivity contribution is 9.10. The Morgan fingerprint density at radius 2 is 2.07 bits per heavy atom. The Balaban J connectivity index is 0.000000461. The number of halogens is 2. The maximum absolute atomic E-state index is 5.96. The topological polar surface area (TPSA) is 28.7 Å². The second-order valence-corrected chi connectivity index (χ2v) is 3.85. The van der Waals surface area contributed by atoms with Gasteiger partial charge in [-0.25, -0.2) is 0 Å². The molecule has 1 aromatic carbocycles. The van der Waals surface area contributed by atoms with Gasteiger partial charge in [0, 0.05) is 9.86 Å². The molecule has 0 bridgehead atoms. The van der Waals surface area contributed by atoms with Gasteiger partial charge >= 0.3 is 0 Å². The van der Waals surface area contributed by atoms with E-state index in [1.807, 2.05) is 26.8 Å². The van der Waals surface area contributed by atoms with Crippen LogP contribution in [0.1, 0.15) is 19.4 Å². The quantitative estimate of drug-likeness (QED) is 0.762. The molecule has 1 aromatic heterocycles. The number of H-pyrrole nitrogens is 1. The minimum absolute atomic E-state index is 0.724. The Morgan fingerprint density at radius 3 is 2.71 bits per heavy atom. The van der Waals surface area contributed by atoms with E-state index < -0.39 is 0 Å². The fourth-order valence-corrected chi connectivity index (χ4v) is 1.89. The molecule has 0 fully saturated rings. The number of nitrogens with one attached hydrogen (secondary N) is 1. The number of fused-ring (bicyclic) bond motifs is 1. The minimum atomic E-state index is 0.724. The number of hydrogen-bond donors (Lipinski definition) is 1. The van der Waals surface area contributed by atoms with Crippen molar-refractivity contribution in [2.75, 3.05) is 0 Å². The van der Waals surface area contributed by atoms with Gasteiger partial charge in [0.25, 0.3) is 0 Å². The molecule has 2 nitrogen and oxygen atoms in total. The molecule has 2 rings (SSSR count). The molecule has 0 radical (unpaired) electrons. The number of benzene rings is 1. The summed E-state index contributed by atoms with van der Waals surface area (Å²) in [6, 6.07) is 1.91. The van der Waals surface area contributed by atoms with Crippen LogP contribution < -0.4 is 0 Å². The van der Waals surface area contributed by atoms with Crippen LogP contribution in [-0.4, -0.2) is 10.2 Å². The Bertz CT molecular complexity index is 437. The first-order chi connectivity index (χ1) is 6.70. The van der Waals surface area contributed by atoms with Crippen LogP contribution in [0.4, 0.5) is 0 Å². The predicted octanol–water partition coefficient (Wildman–Crippen LogP) is 4.31. The molecule has 76 valence electrons. The first-order valence-electron chi connectivity index (χ1n) is 4.48. The van der Waals surface area contributed by atoms with Crippen molar-refractivity contribution < 1.29 is 0 Å². The summed E-state index contributed by atoms with van der Waals surface area (Å²) in [5.41, 5.74) is 2.14. The lowest BCUT2D eigenvalue weighted by Crippen LogP contribution is -1.78. The second-order valence-electron chi connectivity index (χ2n) is 2.65. The van der Waals surface area contributed by atoms with E-state index in [4.69, 9.17) is 11.6 Å². The van der Waals surface area contributed by atoms with E-state index >= 15 is 0 Å². The minimum Gasteiger partial charge on any atom is -0.278 e. The van der Waals surface area contributed by atoms with Crippen molar-refractivity contribution in [1.29, 1.82) is 0 Å². The van der Waals surface area contributed by atoms with Crippen LogP contribution in [0.2, 0.25) is 5.02 Å². The first-order valence-corrected chi connectivity index (χ1v) is 5.65. The molecule has 2 aromatic rings. The third kappa shape index (κ3) is 1.93. The monoisotopic (exact) mass is 274 g/mol. The molecule has 1 N–H and O–H groups in total. The number of nitrogens with zero attached hydrogens (tertiary/aromatic N) is 1. The van der Waals surface area contributed by atoms with Crippen molar-refractivity contribution in [1.82, 2.24) is 10.2 Å². The summed E-state index contributed by atoms with van der Waals surface area (Å²) >= 11 is 9.36. The number of aryl methyl sites for hydroxylation is 1. The van der Waals surface area contributed by atoms with Crippen molar-refractivity contribution in [3.05, 3.63) is 27.3 Å². The summed E-state index contributed by atoms with van der Waals surface area (Å²) in [7, 11) is 0.